The molecule has 0 aliphatic heterocycles. The normalized spacial score (nSPS) is 12.0. The molecule has 138 valence electrons. The van der Waals surface area contributed by atoms with Crippen molar-refractivity contribution >= 4 is 39.5 Å². The number of benzene rings is 2. The van der Waals surface area contributed by atoms with Crippen LogP contribution >= 0.6 is 11.6 Å². The molecule has 0 atom stereocenters. The van der Waals surface area contributed by atoms with Gasteiger partial charge in [-0.05, 0) is 56.7 Å². The molecule has 0 unspecified atom stereocenters. The first kappa shape index (κ1) is 17.7. The number of nitrogens with zero attached hydrogens (tertiary/aromatic N) is 1. The van der Waals surface area contributed by atoms with Crippen molar-refractivity contribution in [3.63, 3.8) is 0 Å². The highest BCUT2D eigenvalue weighted by Gasteiger charge is 2.22. The van der Waals surface area contributed by atoms with Crippen LogP contribution in [0.1, 0.15) is 32.0 Å². The highest BCUT2D eigenvalue weighted by atomic mass is 35.5. The first-order valence-corrected chi connectivity index (χ1v) is 9.28. The van der Waals surface area contributed by atoms with Crippen LogP contribution in [-0.2, 0) is 11.2 Å². The van der Waals surface area contributed by atoms with Crippen LogP contribution in [0.4, 0.5) is 4.79 Å². The largest absolute Gasteiger partial charge is 0.443 e. The Labute approximate surface area is 162 Å². The van der Waals surface area contributed by atoms with Gasteiger partial charge < -0.3 is 9.72 Å². The Kier molecular flexibility index (Phi) is 4.23. The van der Waals surface area contributed by atoms with Crippen molar-refractivity contribution in [3.05, 3.63) is 71.0 Å². The number of halogens is 1. The van der Waals surface area contributed by atoms with E-state index in [-0.39, 0.29) is 6.09 Å². The number of aromatic nitrogens is 2. The molecular weight excluding hydrogens is 360 g/mol. The molecule has 4 aromatic rings. The lowest BCUT2D eigenvalue weighted by Gasteiger charge is -2.21. The number of hydrogen-bond donors (Lipinski definition) is 1. The van der Waals surface area contributed by atoms with Crippen LogP contribution in [0.5, 0.6) is 0 Å². The molecule has 2 aromatic heterocycles. The number of carbonyl (C=O) groups excluding carboxylic acids is 1. The number of carbonyl (C=O) groups is 1. The number of fused-ring (bicyclic) bond motifs is 2. The standard InChI is InChI=1S/C22H21ClN2O2/c1-22(2,3)27-21(26)25-17(10-14-6-4-5-7-20(14)25)11-15-13-24-19-9-8-16(23)12-18(15)19/h4-10,12-13,24H,11H2,1-3H3. The molecule has 0 amide bonds. The molecule has 2 heterocycles. The molecular formula is C22H21ClN2O2. The van der Waals surface area contributed by atoms with Gasteiger partial charge >= 0.3 is 6.09 Å². The van der Waals surface area contributed by atoms with Crippen LogP contribution in [0.15, 0.2) is 54.7 Å². The zero-order valence-corrected chi connectivity index (χ0v) is 16.3. The van der Waals surface area contributed by atoms with E-state index < -0.39 is 5.60 Å². The average molecular weight is 381 g/mol. The van der Waals surface area contributed by atoms with Crippen LogP contribution in [0.3, 0.4) is 0 Å². The Morgan fingerprint density at radius 3 is 2.70 bits per heavy atom. The van der Waals surface area contributed by atoms with E-state index in [9.17, 15) is 4.79 Å². The van der Waals surface area contributed by atoms with E-state index in [1.54, 1.807) is 4.57 Å². The Morgan fingerprint density at radius 1 is 1.15 bits per heavy atom. The molecule has 27 heavy (non-hydrogen) atoms. The summed E-state index contributed by atoms with van der Waals surface area (Å²) in [6.45, 7) is 5.62. The SMILES string of the molecule is CC(C)(C)OC(=O)n1c(Cc2c[nH]c3ccc(Cl)cc23)cc2ccccc21. The van der Waals surface area contributed by atoms with Crippen LogP contribution in [0, 0.1) is 0 Å². The smallest absolute Gasteiger partial charge is 0.419 e. The maximum atomic E-state index is 12.9. The topological polar surface area (TPSA) is 47.0 Å². The molecule has 5 heteroatoms. The monoisotopic (exact) mass is 380 g/mol. The van der Waals surface area contributed by atoms with Gasteiger partial charge in [-0.25, -0.2) is 9.36 Å². The maximum absolute atomic E-state index is 12.9. The number of H-pyrrole nitrogens is 1. The summed E-state index contributed by atoms with van der Waals surface area (Å²) in [5.74, 6) is 0. The third kappa shape index (κ3) is 3.45. The second kappa shape index (κ2) is 6.46. The predicted octanol–water partition coefficient (Wildman–Crippen LogP) is 6.15. The first-order valence-electron chi connectivity index (χ1n) is 8.90. The van der Waals surface area contributed by atoms with Crippen LogP contribution in [0.25, 0.3) is 21.8 Å². The van der Waals surface area contributed by atoms with Crippen LogP contribution in [-0.4, -0.2) is 21.2 Å². The number of nitrogens with one attached hydrogen (secondary N) is 1. The van der Waals surface area contributed by atoms with Crippen LogP contribution < -0.4 is 0 Å². The Hall–Kier alpha value is -2.72. The lowest BCUT2D eigenvalue weighted by molar-refractivity contribution is 0.0541. The minimum atomic E-state index is -0.561. The zero-order chi connectivity index (χ0) is 19.2. The molecule has 4 nitrogen and oxygen atoms in total. The van der Waals surface area contributed by atoms with Gasteiger partial charge in [0, 0.05) is 39.6 Å². The Balaban J connectivity index is 1.82. The summed E-state index contributed by atoms with van der Waals surface area (Å²) in [4.78, 5) is 16.2. The summed E-state index contributed by atoms with van der Waals surface area (Å²) in [5, 5.41) is 2.76. The van der Waals surface area contributed by atoms with E-state index in [2.05, 4.69) is 4.98 Å². The van der Waals surface area contributed by atoms with Gasteiger partial charge in [0.25, 0.3) is 0 Å². The third-order valence-electron chi connectivity index (χ3n) is 4.46. The van der Waals surface area contributed by atoms with Crippen molar-refractivity contribution in [1.82, 2.24) is 9.55 Å². The Morgan fingerprint density at radius 2 is 1.93 bits per heavy atom. The van der Waals surface area contributed by atoms with Gasteiger partial charge in [0.05, 0.1) is 5.52 Å². The summed E-state index contributed by atoms with van der Waals surface area (Å²) in [7, 11) is 0. The molecule has 2 aromatic carbocycles. The van der Waals surface area contributed by atoms with Crippen molar-refractivity contribution < 1.29 is 9.53 Å². The highest BCUT2D eigenvalue weighted by molar-refractivity contribution is 6.31. The van der Waals surface area contributed by atoms with Gasteiger partial charge in [0.2, 0.25) is 0 Å². The molecule has 4 rings (SSSR count). The van der Waals surface area contributed by atoms with E-state index in [4.69, 9.17) is 16.3 Å². The molecule has 0 bridgehead atoms. The molecule has 0 spiro atoms. The number of ether oxygens (including phenoxy) is 1. The third-order valence-corrected chi connectivity index (χ3v) is 4.70. The van der Waals surface area contributed by atoms with E-state index in [0.717, 1.165) is 33.1 Å². The molecule has 0 aliphatic rings. The van der Waals surface area contributed by atoms with E-state index in [0.29, 0.717) is 11.4 Å². The van der Waals surface area contributed by atoms with Gasteiger partial charge in [0.1, 0.15) is 5.60 Å². The lowest BCUT2D eigenvalue weighted by atomic mass is 10.1. The molecule has 0 aliphatic carbocycles. The summed E-state index contributed by atoms with van der Waals surface area (Å²) in [5.41, 5.74) is 3.27. The van der Waals surface area contributed by atoms with Gasteiger partial charge in [-0.1, -0.05) is 29.8 Å². The van der Waals surface area contributed by atoms with E-state index in [1.165, 1.54) is 0 Å². The van der Waals surface area contributed by atoms with Gasteiger partial charge in [-0.3, -0.25) is 0 Å². The number of hydrogen-bond acceptors (Lipinski definition) is 2. The zero-order valence-electron chi connectivity index (χ0n) is 15.5. The summed E-state index contributed by atoms with van der Waals surface area (Å²) in [6, 6.07) is 15.7. The summed E-state index contributed by atoms with van der Waals surface area (Å²) < 4.78 is 7.32. The lowest BCUT2D eigenvalue weighted by Crippen LogP contribution is -2.28. The number of rotatable bonds is 2. The van der Waals surface area contributed by atoms with Crippen molar-refractivity contribution in [2.45, 2.75) is 32.8 Å². The highest BCUT2D eigenvalue weighted by Crippen LogP contribution is 2.28. The van der Waals surface area contributed by atoms with Gasteiger partial charge in [-0.15, -0.1) is 0 Å². The van der Waals surface area contributed by atoms with Gasteiger partial charge in [-0.2, -0.15) is 0 Å². The predicted molar refractivity (Wildman–Crippen MR) is 110 cm³/mol. The molecule has 1 N–H and O–H groups in total. The number of para-hydroxylation sites is 1. The van der Waals surface area contributed by atoms with Crippen molar-refractivity contribution in [2.75, 3.05) is 0 Å². The first-order chi connectivity index (χ1) is 12.8. The number of aromatic amines is 1. The molecule has 0 fully saturated rings. The fraction of sp³-hybridized carbons (Fsp3) is 0.227. The minimum Gasteiger partial charge on any atom is -0.443 e. The van der Waals surface area contributed by atoms with Gasteiger partial charge in [0.15, 0.2) is 0 Å². The molecule has 0 saturated carbocycles. The summed E-state index contributed by atoms with van der Waals surface area (Å²) in [6.07, 6.45) is 2.20. The van der Waals surface area contributed by atoms with Crippen molar-refractivity contribution in [3.8, 4) is 0 Å². The Bertz CT molecular complexity index is 1150. The second-order valence-corrected chi connectivity index (χ2v) is 8.13. The molecule has 0 saturated heterocycles. The maximum Gasteiger partial charge on any atom is 0.419 e. The summed E-state index contributed by atoms with van der Waals surface area (Å²) >= 11 is 6.18. The average Bonchev–Trinajstić information content (AvgIpc) is 3.14. The fourth-order valence-electron chi connectivity index (χ4n) is 3.36. The fourth-order valence-corrected chi connectivity index (χ4v) is 3.53. The van der Waals surface area contributed by atoms with E-state index in [1.807, 2.05) is 75.5 Å². The minimum absolute atomic E-state index is 0.364. The van der Waals surface area contributed by atoms with Crippen molar-refractivity contribution in [2.24, 2.45) is 0 Å². The van der Waals surface area contributed by atoms with E-state index >= 15 is 0 Å². The quantitative estimate of drug-likeness (QED) is 0.453. The van der Waals surface area contributed by atoms with Crippen LogP contribution in [0.2, 0.25) is 5.02 Å². The van der Waals surface area contributed by atoms with Crippen molar-refractivity contribution in [1.29, 1.82) is 0 Å². The molecule has 0 radical (unpaired) electrons. The second-order valence-electron chi connectivity index (χ2n) is 7.69.